The lowest BCUT2D eigenvalue weighted by molar-refractivity contribution is 0.413. The Morgan fingerprint density at radius 2 is 2.00 bits per heavy atom. The van der Waals surface area contributed by atoms with E-state index in [2.05, 4.69) is 5.32 Å². The molecule has 0 heterocycles. The Morgan fingerprint density at radius 1 is 1.38 bits per heavy atom. The molecule has 1 aromatic carbocycles. The fourth-order valence-electron chi connectivity index (χ4n) is 1.27. The number of ether oxygens (including phenoxy) is 1. The van der Waals surface area contributed by atoms with Gasteiger partial charge in [0.1, 0.15) is 11.6 Å². The number of amidine groups is 1. The van der Waals surface area contributed by atoms with E-state index >= 15 is 0 Å². The molecule has 1 aromatic rings. The lowest BCUT2D eigenvalue weighted by atomic mass is 10.1. The van der Waals surface area contributed by atoms with Crippen LogP contribution in [-0.2, 0) is 0 Å². The van der Waals surface area contributed by atoms with Crippen LogP contribution in [0.5, 0.6) is 5.75 Å². The number of benzene rings is 1. The molecule has 2 N–H and O–H groups in total. The molecule has 0 aliphatic rings. The van der Waals surface area contributed by atoms with Crippen LogP contribution in [0.1, 0.15) is 19.4 Å². The molecule has 88 valence electrons. The Balaban J connectivity index is 2.80. The van der Waals surface area contributed by atoms with Gasteiger partial charge in [-0.05, 0) is 26.0 Å². The van der Waals surface area contributed by atoms with E-state index in [4.69, 9.17) is 21.7 Å². The third-order valence-electron chi connectivity index (χ3n) is 2.44. The van der Waals surface area contributed by atoms with Gasteiger partial charge in [0.05, 0.1) is 18.1 Å². The molecule has 0 amide bonds. The van der Waals surface area contributed by atoms with Crippen molar-refractivity contribution in [3.8, 4) is 5.75 Å². The summed E-state index contributed by atoms with van der Waals surface area (Å²) in [6, 6.07) is 7.48. The van der Waals surface area contributed by atoms with Crippen LogP contribution < -0.4 is 10.1 Å². The molecule has 0 fully saturated rings. The molecule has 1 unspecified atom stereocenters. The monoisotopic (exact) mass is 240 g/mol. The number of rotatable bonds is 4. The maximum atomic E-state index is 7.95. The maximum Gasteiger partial charge on any atom is 0.129 e. The minimum absolute atomic E-state index is 0.0324. The van der Waals surface area contributed by atoms with Crippen molar-refractivity contribution in [2.45, 2.75) is 25.3 Å². The van der Waals surface area contributed by atoms with Crippen molar-refractivity contribution >= 4 is 17.4 Å². The molecule has 16 heavy (non-hydrogen) atoms. The summed E-state index contributed by atoms with van der Waals surface area (Å²) in [5.41, 5.74) is 0.745. The number of alkyl halides is 1. The van der Waals surface area contributed by atoms with Gasteiger partial charge in [0, 0.05) is 6.04 Å². The van der Waals surface area contributed by atoms with E-state index in [1.165, 1.54) is 0 Å². The number of halogens is 1. The molecule has 0 bridgehead atoms. The van der Waals surface area contributed by atoms with Crippen LogP contribution in [-0.4, -0.2) is 24.4 Å². The maximum absolute atomic E-state index is 7.95. The summed E-state index contributed by atoms with van der Waals surface area (Å²) in [6.45, 7) is 3.84. The SMILES string of the molecule is COc1ccccc1C(=N)NC(C)[C@@H](C)Cl. The first-order valence-corrected chi connectivity index (χ1v) is 5.62. The zero-order valence-corrected chi connectivity index (χ0v) is 10.5. The lowest BCUT2D eigenvalue weighted by Gasteiger charge is -2.19. The van der Waals surface area contributed by atoms with Gasteiger partial charge in [-0.3, -0.25) is 5.41 Å². The Hall–Kier alpha value is -1.22. The number of methoxy groups -OCH3 is 1. The molecule has 0 aliphatic carbocycles. The standard InChI is InChI=1S/C12H17ClN2O/c1-8(13)9(2)15-12(14)10-6-4-5-7-11(10)16-3/h4-9H,1-3H3,(H2,14,15)/t8-,9?/m1/s1. The molecule has 0 saturated heterocycles. The van der Waals surface area contributed by atoms with Crippen molar-refractivity contribution < 1.29 is 4.74 Å². The van der Waals surface area contributed by atoms with E-state index < -0.39 is 0 Å². The normalized spacial score (nSPS) is 14.0. The quantitative estimate of drug-likeness (QED) is 0.483. The Morgan fingerprint density at radius 3 is 2.56 bits per heavy atom. The highest BCUT2D eigenvalue weighted by atomic mass is 35.5. The third kappa shape index (κ3) is 3.14. The summed E-state index contributed by atoms with van der Waals surface area (Å²) < 4.78 is 5.19. The van der Waals surface area contributed by atoms with E-state index in [0.29, 0.717) is 11.6 Å². The molecule has 0 radical (unpaired) electrons. The summed E-state index contributed by atoms with van der Waals surface area (Å²) in [5.74, 6) is 1.02. The average molecular weight is 241 g/mol. The Kier molecular flexibility index (Phi) is 4.62. The fourth-order valence-corrected chi connectivity index (χ4v) is 1.33. The van der Waals surface area contributed by atoms with Crippen molar-refractivity contribution in [3.63, 3.8) is 0 Å². The first-order valence-electron chi connectivity index (χ1n) is 5.18. The van der Waals surface area contributed by atoms with Crippen molar-refractivity contribution in [3.05, 3.63) is 29.8 Å². The number of nitrogens with one attached hydrogen (secondary N) is 2. The third-order valence-corrected chi connectivity index (χ3v) is 2.82. The van der Waals surface area contributed by atoms with E-state index in [9.17, 15) is 0 Å². The lowest BCUT2D eigenvalue weighted by Crippen LogP contribution is -2.37. The Labute approximate surface area is 101 Å². The second-order valence-corrected chi connectivity index (χ2v) is 4.37. The summed E-state index contributed by atoms with van der Waals surface area (Å²) in [7, 11) is 1.60. The summed E-state index contributed by atoms with van der Waals surface area (Å²) >= 11 is 5.94. The van der Waals surface area contributed by atoms with Crippen LogP contribution in [0.15, 0.2) is 24.3 Å². The zero-order valence-electron chi connectivity index (χ0n) is 9.75. The largest absolute Gasteiger partial charge is 0.496 e. The van der Waals surface area contributed by atoms with Crippen LogP contribution in [0, 0.1) is 5.41 Å². The fraction of sp³-hybridized carbons (Fsp3) is 0.417. The molecular formula is C12H17ClN2O. The van der Waals surface area contributed by atoms with E-state index in [1.807, 2.05) is 38.1 Å². The predicted octanol–water partition coefficient (Wildman–Crippen LogP) is 2.63. The first-order chi connectivity index (χ1) is 7.56. The van der Waals surface area contributed by atoms with Crippen molar-refractivity contribution in [2.24, 2.45) is 0 Å². The second-order valence-electron chi connectivity index (χ2n) is 3.69. The molecule has 3 nitrogen and oxygen atoms in total. The van der Waals surface area contributed by atoms with Gasteiger partial charge in [-0.1, -0.05) is 12.1 Å². The highest BCUT2D eigenvalue weighted by Crippen LogP contribution is 2.17. The molecule has 0 aliphatic heterocycles. The summed E-state index contributed by atoms with van der Waals surface area (Å²) in [5, 5.41) is 11.0. The molecule has 0 aromatic heterocycles. The van der Waals surface area contributed by atoms with Crippen LogP contribution in [0.4, 0.5) is 0 Å². The van der Waals surface area contributed by atoms with Gasteiger partial charge in [-0.15, -0.1) is 11.6 Å². The molecular weight excluding hydrogens is 224 g/mol. The predicted molar refractivity (Wildman–Crippen MR) is 67.7 cm³/mol. The van der Waals surface area contributed by atoms with Crippen molar-refractivity contribution in [2.75, 3.05) is 7.11 Å². The first kappa shape index (κ1) is 12.8. The second kappa shape index (κ2) is 5.75. The topological polar surface area (TPSA) is 45.1 Å². The van der Waals surface area contributed by atoms with Gasteiger partial charge in [-0.2, -0.15) is 0 Å². The van der Waals surface area contributed by atoms with Gasteiger partial charge >= 0.3 is 0 Å². The van der Waals surface area contributed by atoms with Gasteiger partial charge < -0.3 is 10.1 Å². The molecule has 1 rings (SSSR count). The summed E-state index contributed by atoms with van der Waals surface area (Å²) in [4.78, 5) is 0. The number of hydrogen-bond acceptors (Lipinski definition) is 2. The van der Waals surface area contributed by atoms with Crippen molar-refractivity contribution in [1.29, 1.82) is 5.41 Å². The van der Waals surface area contributed by atoms with Crippen LogP contribution in [0.3, 0.4) is 0 Å². The van der Waals surface area contributed by atoms with Gasteiger partial charge in [-0.25, -0.2) is 0 Å². The number of hydrogen-bond donors (Lipinski definition) is 2. The van der Waals surface area contributed by atoms with Gasteiger partial charge in [0.15, 0.2) is 0 Å². The Bertz CT molecular complexity index is 366. The average Bonchev–Trinajstić information content (AvgIpc) is 2.28. The van der Waals surface area contributed by atoms with Gasteiger partial charge in [0.2, 0.25) is 0 Å². The minimum atomic E-state index is -0.0324. The van der Waals surface area contributed by atoms with Crippen LogP contribution in [0.2, 0.25) is 0 Å². The van der Waals surface area contributed by atoms with E-state index in [1.54, 1.807) is 7.11 Å². The van der Waals surface area contributed by atoms with Crippen LogP contribution >= 0.6 is 11.6 Å². The molecule has 4 heteroatoms. The van der Waals surface area contributed by atoms with Gasteiger partial charge in [0.25, 0.3) is 0 Å². The summed E-state index contributed by atoms with van der Waals surface area (Å²) in [6.07, 6.45) is 0. The molecule has 2 atom stereocenters. The molecule has 0 saturated carbocycles. The zero-order chi connectivity index (χ0) is 12.1. The highest BCUT2D eigenvalue weighted by Gasteiger charge is 2.13. The molecule has 0 spiro atoms. The highest BCUT2D eigenvalue weighted by molar-refractivity contribution is 6.21. The van der Waals surface area contributed by atoms with Crippen LogP contribution in [0.25, 0.3) is 0 Å². The van der Waals surface area contributed by atoms with E-state index in [0.717, 1.165) is 5.56 Å². The van der Waals surface area contributed by atoms with E-state index in [-0.39, 0.29) is 11.4 Å². The minimum Gasteiger partial charge on any atom is -0.496 e. The smallest absolute Gasteiger partial charge is 0.129 e. The number of para-hydroxylation sites is 1. The van der Waals surface area contributed by atoms with Crippen molar-refractivity contribution in [1.82, 2.24) is 5.32 Å².